The molecule has 88 valence electrons. The number of hydrogen-bond acceptors (Lipinski definition) is 4. The standard InChI is InChI=1S/C10H7ClFN3O2/c11-5-1-2-7(6(12)3-5)13-10-14-8(16)4-9(17)15-10/h1-4H,(H3,13,14,15,16,17). The lowest BCUT2D eigenvalue weighted by Gasteiger charge is -2.06. The van der Waals surface area contributed by atoms with E-state index in [1.165, 1.54) is 12.1 Å². The number of aromatic nitrogens is 2. The molecule has 5 nitrogen and oxygen atoms in total. The molecular weight excluding hydrogens is 249 g/mol. The molecule has 0 spiro atoms. The zero-order valence-corrected chi connectivity index (χ0v) is 9.12. The molecule has 0 saturated carbocycles. The Morgan fingerprint density at radius 3 is 2.82 bits per heavy atom. The van der Waals surface area contributed by atoms with Gasteiger partial charge in [-0.15, -0.1) is 0 Å². The number of hydrogen-bond donors (Lipinski definition) is 3. The molecule has 0 bridgehead atoms. The lowest BCUT2D eigenvalue weighted by Crippen LogP contribution is -2.09. The van der Waals surface area contributed by atoms with Crippen LogP contribution in [-0.2, 0) is 0 Å². The van der Waals surface area contributed by atoms with Crippen molar-refractivity contribution in [2.75, 3.05) is 5.32 Å². The number of nitrogens with one attached hydrogen (secondary N) is 2. The van der Waals surface area contributed by atoms with E-state index in [4.69, 9.17) is 16.7 Å². The molecule has 0 aliphatic carbocycles. The van der Waals surface area contributed by atoms with E-state index in [1.807, 2.05) is 0 Å². The van der Waals surface area contributed by atoms with Crippen LogP contribution >= 0.6 is 11.6 Å². The van der Waals surface area contributed by atoms with Gasteiger partial charge in [-0.25, -0.2) is 4.39 Å². The van der Waals surface area contributed by atoms with Crippen molar-refractivity contribution in [3.05, 3.63) is 45.5 Å². The summed E-state index contributed by atoms with van der Waals surface area (Å²) < 4.78 is 13.4. The number of benzene rings is 1. The molecule has 7 heteroatoms. The van der Waals surface area contributed by atoms with Gasteiger partial charge in [-0.3, -0.25) is 9.78 Å². The van der Waals surface area contributed by atoms with E-state index in [1.54, 1.807) is 0 Å². The summed E-state index contributed by atoms with van der Waals surface area (Å²) in [4.78, 5) is 16.9. The van der Waals surface area contributed by atoms with E-state index in [0.29, 0.717) is 0 Å². The van der Waals surface area contributed by atoms with Gasteiger partial charge in [-0.1, -0.05) is 11.6 Å². The van der Waals surface area contributed by atoms with E-state index in [9.17, 15) is 9.18 Å². The van der Waals surface area contributed by atoms with Crippen LogP contribution in [0.1, 0.15) is 0 Å². The maximum Gasteiger partial charge on any atom is 0.256 e. The minimum Gasteiger partial charge on any atom is -0.493 e. The first-order valence-electron chi connectivity index (χ1n) is 4.57. The monoisotopic (exact) mass is 255 g/mol. The molecule has 2 aromatic rings. The largest absolute Gasteiger partial charge is 0.493 e. The molecule has 2 rings (SSSR count). The fourth-order valence-electron chi connectivity index (χ4n) is 1.22. The van der Waals surface area contributed by atoms with Gasteiger partial charge in [0, 0.05) is 5.02 Å². The Bertz CT molecular complexity index is 615. The summed E-state index contributed by atoms with van der Waals surface area (Å²) in [7, 11) is 0. The Hall–Kier alpha value is -2.08. The maximum absolute atomic E-state index is 13.4. The molecule has 0 aliphatic rings. The zero-order chi connectivity index (χ0) is 12.4. The number of nitrogens with zero attached hydrogens (tertiary/aromatic N) is 1. The molecule has 0 fully saturated rings. The lowest BCUT2D eigenvalue weighted by atomic mass is 10.3. The third-order valence-corrected chi connectivity index (χ3v) is 2.15. The third-order valence-electron chi connectivity index (χ3n) is 1.91. The quantitative estimate of drug-likeness (QED) is 0.767. The first kappa shape index (κ1) is 11.4. The van der Waals surface area contributed by atoms with Gasteiger partial charge in [-0.05, 0) is 18.2 Å². The average Bonchev–Trinajstić information content (AvgIpc) is 2.21. The minimum absolute atomic E-state index is 0.0591. The Morgan fingerprint density at radius 1 is 1.41 bits per heavy atom. The molecule has 0 unspecified atom stereocenters. The van der Waals surface area contributed by atoms with Gasteiger partial charge in [0.2, 0.25) is 11.8 Å². The normalized spacial score (nSPS) is 10.2. The average molecular weight is 256 g/mol. The zero-order valence-electron chi connectivity index (χ0n) is 8.37. The van der Waals surface area contributed by atoms with E-state index < -0.39 is 17.3 Å². The van der Waals surface area contributed by atoms with Crippen LogP contribution in [0.3, 0.4) is 0 Å². The number of halogens is 2. The molecule has 0 amide bonds. The van der Waals surface area contributed by atoms with Gasteiger partial charge in [0.15, 0.2) is 0 Å². The number of aromatic hydroxyl groups is 1. The van der Waals surface area contributed by atoms with Gasteiger partial charge in [0.1, 0.15) is 5.82 Å². The van der Waals surface area contributed by atoms with Crippen molar-refractivity contribution in [2.24, 2.45) is 0 Å². The summed E-state index contributed by atoms with van der Waals surface area (Å²) in [5.41, 5.74) is -0.461. The Labute approximate surface area is 99.9 Å². The highest BCUT2D eigenvalue weighted by Gasteiger charge is 2.05. The minimum atomic E-state index is -0.594. The van der Waals surface area contributed by atoms with Crippen LogP contribution in [0, 0.1) is 5.82 Å². The molecule has 0 atom stereocenters. The third kappa shape index (κ3) is 2.73. The van der Waals surface area contributed by atoms with Crippen LogP contribution in [0.15, 0.2) is 29.1 Å². The van der Waals surface area contributed by atoms with Crippen molar-refractivity contribution in [1.29, 1.82) is 0 Å². The Morgan fingerprint density at radius 2 is 2.18 bits per heavy atom. The molecule has 1 aromatic carbocycles. The maximum atomic E-state index is 13.4. The van der Waals surface area contributed by atoms with Gasteiger partial charge in [-0.2, -0.15) is 4.98 Å². The molecule has 1 aromatic heterocycles. The molecule has 0 saturated heterocycles. The summed E-state index contributed by atoms with van der Waals surface area (Å²) >= 11 is 5.59. The van der Waals surface area contributed by atoms with Crippen LogP contribution in [0.25, 0.3) is 0 Å². The van der Waals surface area contributed by atoms with E-state index >= 15 is 0 Å². The molecular formula is C10H7ClFN3O2. The van der Waals surface area contributed by atoms with Crippen molar-refractivity contribution in [3.8, 4) is 5.88 Å². The van der Waals surface area contributed by atoms with E-state index in [0.717, 1.165) is 12.1 Å². The molecule has 0 radical (unpaired) electrons. The van der Waals surface area contributed by atoms with Crippen molar-refractivity contribution in [2.45, 2.75) is 0 Å². The SMILES string of the molecule is O=c1cc(O)nc(Nc2ccc(Cl)cc2F)[nH]1. The van der Waals surface area contributed by atoms with Crippen LogP contribution in [0.5, 0.6) is 5.88 Å². The summed E-state index contributed by atoms with van der Waals surface area (Å²) in [5, 5.41) is 11.9. The molecule has 3 N–H and O–H groups in total. The van der Waals surface area contributed by atoms with Crippen LogP contribution in [-0.4, -0.2) is 15.1 Å². The smallest absolute Gasteiger partial charge is 0.256 e. The molecule has 17 heavy (non-hydrogen) atoms. The first-order chi connectivity index (χ1) is 8.04. The topological polar surface area (TPSA) is 78.0 Å². The molecule has 1 heterocycles. The van der Waals surface area contributed by atoms with Crippen molar-refractivity contribution >= 4 is 23.2 Å². The number of rotatable bonds is 2. The van der Waals surface area contributed by atoms with E-state index in [2.05, 4.69) is 15.3 Å². The van der Waals surface area contributed by atoms with Crippen molar-refractivity contribution in [3.63, 3.8) is 0 Å². The predicted molar refractivity (Wildman–Crippen MR) is 61.2 cm³/mol. The van der Waals surface area contributed by atoms with Crippen molar-refractivity contribution in [1.82, 2.24) is 9.97 Å². The summed E-state index contributed by atoms with van der Waals surface area (Å²) in [6, 6.07) is 4.89. The number of aromatic amines is 1. The fraction of sp³-hybridized carbons (Fsp3) is 0. The van der Waals surface area contributed by atoms with Gasteiger partial charge < -0.3 is 10.4 Å². The summed E-state index contributed by atoms with van der Waals surface area (Å²) in [5.74, 6) is -1.11. The Balaban J connectivity index is 2.34. The fourth-order valence-corrected chi connectivity index (χ4v) is 1.38. The molecule has 0 aliphatic heterocycles. The second kappa shape index (κ2) is 4.42. The summed E-state index contributed by atoms with van der Waals surface area (Å²) in [6.07, 6.45) is 0. The highest BCUT2D eigenvalue weighted by Crippen LogP contribution is 2.21. The number of anilines is 2. The van der Waals surface area contributed by atoms with Crippen molar-refractivity contribution < 1.29 is 9.50 Å². The first-order valence-corrected chi connectivity index (χ1v) is 4.95. The highest BCUT2D eigenvalue weighted by molar-refractivity contribution is 6.30. The van der Waals surface area contributed by atoms with Crippen LogP contribution in [0.4, 0.5) is 16.0 Å². The van der Waals surface area contributed by atoms with E-state index in [-0.39, 0.29) is 16.7 Å². The number of H-pyrrole nitrogens is 1. The second-order valence-corrected chi connectivity index (χ2v) is 3.64. The second-order valence-electron chi connectivity index (χ2n) is 3.20. The predicted octanol–water partition coefficient (Wildman–Crippen LogP) is 2.01. The summed E-state index contributed by atoms with van der Waals surface area (Å²) in [6.45, 7) is 0. The van der Waals surface area contributed by atoms with Gasteiger partial charge in [0.25, 0.3) is 5.56 Å². The van der Waals surface area contributed by atoms with Crippen LogP contribution in [0.2, 0.25) is 5.02 Å². The lowest BCUT2D eigenvalue weighted by molar-refractivity contribution is 0.452. The van der Waals surface area contributed by atoms with Gasteiger partial charge in [0.05, 0.1) is 11.8 Å². The Kier molecular flexibility index (Phi) is 2.97. The highest BCUT2D eigenvalue weighted by atomic mass is 35.5. The van der Waals surface area contributed by atoms with Gasteiger partial charge >= 0.3 is 0 Å². The van der Waals surface area contributed by atoms with Crippen LogP contribution < -0.4 is 10.9 Å².